The van der Waals surface area contributed by atoms with E-state index in [0.29, 0.717) is 29.9 Å². The van der Waals surface area contributed by atoms with Crippen LogP contribution in [0.4, 0.5) is 4.39 Å². The lowest BCUT2D eigenvalue weighted by Gasteiger charge is -2.44. The summed E-state index contributed by atoms with van der Waals surface area (Å²) in [5, 5.41) is 11.1. The van der Waals surface area contributed by atoms with E-state index in [1.165, 1.54) is 6.20 Å². The number of piperidine rings is 1. The number of carbonyl (C=O) groups is 1. The van der Waals surface area contributed by atoms with E-state index in [4.69, 9.17) is 9.47 Å². The molecule has 5 rings (SSSR count). The Balaban J connectivity index is 1.42. The molecule has 0 spiro atoms. The summed E-state index contributed by atoms with van der Waals surface area (Å²) in [5.41, 5.74) is -0.540. The van der Waals surface area contributed by atoms with E-state index in [-0.39, 0.29) is 30.3 Å². The first-order valence-corrected chi connectivity index (χ1v) is 9.11. The Kier molecular flexibility index (Phi) is 3.62. The molecule has 1 N–H and O–H groups in total. The summed E-state index contributed by atoms with van der Waals surface area (Å²) in [5.74, 6) is 0.471. The molecular formula is C20H19FN2O4. The summed E-state index contributed by atoms with van der Waals surface area (Å²) in [6, 6.07) is 8.11. The minimum absolute atomic E-state index is 0.0884. The fourth-order valence-electron chi connectivity index (χ4n) is 4.69. The summed E-state index contributed by atoms with van der Waals surface area (Å²) in [4.78, 5) is 18.7. The molecule has 0 aliphatic carbocycles. The van der Waals surface area contributed by atoms with Crippen LogP contribution in [-0.2, 0) is 5.60 Å². The van der Waals surface area contributed by atoms with Gasteiger partial charge in [0.25, 0.3) is 5.91 Å². The first kappa shape index (κ1) is 16.5. The molecule has 2 atom stereocenters. The minimum atomic E-state index is -1.30. The molecule has 4 heterocycles. The predicted molar refractivity (Wildman–Crippen MR) is 92.9 cm³/mol. The molecule has 3 aliphatic rings. The molecule has 2 bridgehead atoms. The number of benzene rings is 1. The van der Waals surface area contributed by atoms with Gasteiger partial charge in [0.15, 0.2) is 11.5 Å². The monoisotopic (exact) mass is 370 g/mol. The number of hydrogen-bond acceptors (Lipinski definition) is 5. The van der Waals surface area contributed by atoms with Crippen molar-refractivity contribution in [3.63, 3.8) is 0 Å². The molecule has 0 radical (unpaired) electrons. The smallest absolute Gasteiger partial charge is 0.254 e. The molecule has 2 saturated heterocycles. The maximum absolute atomic E-state index is 14.2. The zero-order chi connectivity index (χ0) is 18.6. The van der Waals surface area contributed by atoms with Gasteiger partial charge in [-0.3, -0.25) is 4.79 Å². The minimum Gasteiger partial charge on any atom is -0.454 e. The van der Waals surface area contributed by atoms with Crippen LogP contribution in [0.2, 0.25) is 0 Å². The van der Waals surface area contributed by atoms with Gasteiger partial charge < -0.3 is 19.5 Å². The zero-order valence-corrected chi connectivity index (χ0v) is 14.6. The van der Waals surface area contributed by atoms with Gasteiger partial charge in [-0.15, -0.1) is 0 Å². The van der Waals surface area contributed by atoms with Crippen molar-refractivity contribution in [3.8, 4) is 11.5 Å². The topological polar surface area (TPSA) is 71.9 Å². The van der Waals surface area contributed by atoms with Gasteiger partial charge >= 0.3 is 0 Å². The van der Waals surface area contributed by atoms with Crippen LogP contribution in [0.25, 0.3) is 0 Å². The summed E-state index contributed by atoms with van der Waals surface area (Å²) < 4.78 is 24.8. The summed E-state index contributed by atoms with van der Waals surface area (Å²) >= 11 is 0. The van der Waals surface area contributed by atoms with E-state index in [1.807, 2.05) is 4.90 Å². The number of nitrogens with zero attached hydrogens (tertiary/aromatic N) is 2. The first-order valence-electron chi connectivity index (χ1n) is 9.11. The van der Waals surface area contributed by atoms with Crippen molar-refractivity contribution in [1.29, 1.82) is 0 Å². The first-order chi connectivity index (χ1) is 13.0. The van der Waals surface area contributed by atoms with Gasteiger partial charge in [0.1, 0.15) is 0 Å². The van der Waals surface area contributed by atoms with Gasteiger partial charge in [-0.1, -0.05) is 6.07 Å². The lowest BCUT2D eigenvalue weighted by atomic mass is 9.80. The van der Waals surface area contributed by atoms with E-state index in [0.717, 1.165) is 12.8 Å². The van der Waals surface area contributed by atoms with Crippen LogP contribution in [0.5, 0.6) is 11.5 Å². The summed E-state index contributed by atoms with van der Waals surface area (Å²) in [7, 11) is 0. The van der Waals surface area contributed by atoms with Crippen LogP contribution < -0.4 is 9.47 Å². The third kappa shape index (κ3) is 2.56. The SMILES string of the molecule is O=C(c1ccc2c(c1)OCO2)N1[C@@H]2CC[C@@H]1CC(O)(c1cccnc1F)C2. The van der Waals surface area contributed by atoms with Crippen LogP contribution in [-0.4, -0.2) is 39.8 Å². The summed E-state index contributed by atoms with van der Waals surface area (Å²) in [6.07, 6.45) is 3.58. The number of carbonyl (C=O) groups excluding carboxylic acids is 1. The van der Waals surface area contributed by atoms with E-state index in [1.54, 1.807) is 30.3 Å². The van der Waals surface area contributed by atoms with Crippen molar-refractivity contribution in [2.24, 2.45) is 0 Å². The molecule has 27 heavy (non-hydrogen) atoms. The maximum atomic E-state index is 14.2. The Morgan fingerprint density at radius 1 is 1.19 bits per heavy atom. The number of hydrogen-bond donors (Lipinski definition) is 1. The number of pyridine rings is 1. The summed E-state index contributed by atoms with van der Waals surface area (Å²) in [6.45, 7) is 0.158. The molecule has 0 unspecified atom stereocenters. The van der Waals surface area contributed by atoms with Gasteiger partial charge in [0.2, 0.25) is 12.7 Å². The van der Waals surface area contributed by atoms with E-state index in [2.05, 4.69) is 4.98 Å². The van der Waals surface area contributed by atoms with Crippen molar-refractivity contribution in [3.05, 3.63) is 53.6 Å². The van der Waals surface area contributed by atoms with Gasteiger partial charge in [0.05, 0.1) is 5.60 Å². The highest BCUT2D eigenvalue weighted by Gasteiger charge is 2.51. The number of halogens is 1. The van der Waals surface area contributed by atoms with Crippen molar-refractivity contribution in [1.82, 2.24) is 9.88 Å². The third-order valence-corrected chi connectivity index (χ3v) is 5.88. The number of fused-ring (bicyclic) bond motifs is 3. The lowest BCUT2D eigenvalue weighted by Crippen LogP contribution is -2.52. The predicted octanol–water partition coefficient (Wildman–Crippen LogP) is 2.60. The highest BCUT2D eigenvalue weighted by Crippen LogP contribution is 2.47. The van der Waals surface area contributed by atoms with E-state index < -0.39 is 11.5 Å². The number of rotatable bonds is 2. The second kappa shape index (κ2) is 5.92. The zero-order valence-electron chi connectivity index (χ0n) is 14.6. The van der Waals surface area contributed by atoms with Crippen LogP contribution in [0.1, 0.15) is 41.6 Å². The molecule has 6 nitrogen and oxygen atoms in total. The Bertz CT molecular complexity index is 905. The molecule has 2 fully saturated rings. The highest BCUT2D eigenvalue weighted by atomic mass is 19.1. The second-order valence-corrected chi connectivity index (χ2v) is 7.45. The van der Waals surface area contributed by atoms with Crippen LogP contribution in [0, 0.1) is 5.95 Å². The molecule has 7 heteroatoms. The molecule has 140 valence electrons. The Hall–Kier alpha value is -2.67. The highest BCUT2D eigenvalue weighted by molar-refractivity contribution is 5.95. The van der Waals surface area contributed by atoms with E-state index in [9.17, 15) is 14.3 Å². The molecule has 1 aromatic carbocycles. The molecule has 3 aliphatic heterocycles. The quantitative estimate of drug-likeness (QED) is 0.823. The van der Waals surface area contributed by atoms with Gasteiger partial charge in [0, 0.05) is 42.2 Å². The van der Waals surface area contributed by atoms with Gasteiger partial charge in [-0.2, -0.15) is 4.39 Å². The van der Waals surface area contributed by atoms with Gasteiger partial charge in [-0.25, -0.2) is 4.98 Å². The number of aromatic nitrogens is 1. The largest absolute Gasteiger partial charge is 0.454 e. The fourth-order valence-corrected chi connectivity index (χ4v) is 4.69. The van der Waals surface area contributed by atoms with Crippen LogP contribution in [0.3, 0.4) is 0 Å². The number of ether oxygens (including phenoxy) is 2. The molecule has 2 aromatic rings. The Morgan fingerprint density at radius 2 is 1.93 bits per heavy atom. The second-order valence-electron chi connectivity index (χ2n) is 7.45. The average molecular weight is 370 g/mol. The number of aliphatic hydroxyl groups is 1. The van der Waals surface area contributed by atoms with Crippen molar-refractivity contribution in [2.75, 3.05) is 6.79 Å². The van der Waals surface area contributed by atoms with Crippen molar-refractivity contribution in [2.45, 2.75) is 43.4 Å². The van der Waals surface area contributed by atoms with Gasteiger partial charge in [-0.05, 0) is 37.1 Å². The van der Waals surface area contributed by atoms with E-state index >= 15 is 0 Å². The maximum Gasteiger partial charge on any atom is 0.254 e. The average Bonchev–Trinajstić information content (AvgIpc) is 3.23. The van der Waals surface area contributed by atoms with Crippen molar-refractivity contribution >= 4 is 5.91 Å². The molecule has 0 saturated carbocycles. The fraction of sp³-hybridized carbons (Fsp3) is 0.400. The standard InChI is InChI=1S/C20H19FN2O4/c21-18-15(2-1-7-22-18)20(25)9-13-4-5-14(10-20)23(13)19(24)12-3-6-16-17(8-12)27-11-26-16/h1-3,6-8,13-14,25H,4-5,9-11H2/t13-,14-/m1/s1. The molecule has 1 amide bonds. The normalized spacial score (nSPS) is 28.4. The van der Waals surface area contributed by atoms with Crippen molar-refractivity contribution < 1.29 is 23.8 Å². The molecular weight excluding hydrogens is 351 g/mol. The Morgan fingerprint density at radius 3 is 2.67 bits per heavy atom. The molecule has 1 aromatic heterocycles. The lowest BCUT2D eigenvalue weighted by molar-refractivity contribution is -0.0504. The van der Waals surface area contributed by atoms with Crippen LogP contribution >= 0.6 is 0 Å². The van der Waals surface area contributed by atoms with Crippen LogP contribution in [0.15, 0.2) is 36.5 Å². The Labute approximate surface area is 155 Å². The third-order valence-electron chi connectivity index (χ3n) is 5.88. The number of amides is 1.